The third-order valence-electron chi connectivity index (χ3n) is 4.94. The number of hydrogen-bond donors (Lipinski definition) is 2. The van der Waals surface area contributed by atoms with E-state index in [1.807, 2.05) is 13.8 Å². The quantitative estimate of drug-likeness (QED) is 0.587. The van der Waals surface area contributed by atoms with Gasteiger partial charge in [-0.05, 0) is 36.1 Å². The molecule has 1 aliphatic carbocycles. The topological polar surface area (TPSA) is 102 Å². The number of carbonyl (C=O) groups excluding carboxylic acids is 1. The van der Waals surface area contributed by atoms with Gasteiger partial charge in [0.2, 0.25) is 5.88 Å². The first-order valence-electron chi connectivity index (χ1n) is 8.73. The van der Waals surface area contributed by atoms with Crippen molar-refractivity contribution in [2.75, 3.05) is 12.4 Å². The summed E-state index contributed by atoms with van der Waals surface area (Å²) in [4.78, 5) is 25.0. The molecule has 1 amide bonds. The summed E-state index contributed by atoms with van der Waals surface area (Å²) in [5, 5.41) is 2.99. The van der Waals surface area contributed by atoms with E-state index in [4.69, 9.17) is 10.5 Å². The molecule has 0 saturated heterocycles. The summed E-state index contributed by atoms with van der Waals surface area (Å²) < 4.78 is 19.3. The Hall–Kier alpha value is -3.29. The zero-order valence-corrected chi connectivity index (χ0v) is 15.9. The average Bonchev–Trinajstić information content (AvgIpc) is 3.25. The number of halogens is 1. The third kappa shape index (κ3) is 3.58. The maximum absolute atomic E-state index is 14.3. The fourth-order valence-corrected chi connectivity index (χ4v) is 3.27. The standard InChI is InChI=1S/C20H22FN5O2/c1-19(2)12-20(19,17-14(21)5-4-8-25-17)18(27)26-15(22)7-10-23-13-6-9-24-16(11-13)28-3/h4-11H,12H2,1-3H3,(H,23,24)(H2,22,26,27)/b10-7-. The van der Waals surface area contributed by atoms with Crippen LogP contribution in [0.2, 0.25) is 0 Å². The molecule has 0 aromatic carbocycles. The predicted octanol–water partition coefficient (Wildman–Crippen LogP) is 2.80. The number of ether oxygens (including phenoxy) is 1. The Morgan fingerprint density at radius 2 is 2.11 bits per heavy atom. The zero-order valence-electron chi connectivity index (χ0n) is 15.9. The van der Waals surface area contributed by atoms with E-state index in [1.54, 1.807) is 24.5 Å². The van der Waals surface area contributed by atoms with Crippen LogP contribution in [-0.2, 0) is 10.2 Å². The number of amides is 1. The van der Waals surface area contributed by atoms with Crippen LogP contribution in [0.4, 0.5) is 10.1 Å². The molecule has 146 valence electrons. The summed E-state index contributed by atoms with van der Waals surface area (Å²) in [5.41, 5.74) is 5.19. The predicted molar refractivity (Wildman–Crippen MR) is 104 cm³/mol. The van der Waals surface area contributed by atoms with Crippen LogP contribution in [0.1, 0.15) is 26.0 Å². The number of nitrogens with one attached hydrogen (secondary N) is 1. The van der Waals surface area contributed by atoms with Crippen LogP contribution in [0, 0.1) is 11.2 Å². The van der Waals surface area contributed by atoms with Gasteiger partial charge in [-0.15, -0.1) is 0 Å². The summed E-state index contributed by atoms with van der Waals surface area (Å²) in [5.74, 6) is -0.538. The highest BCUT2D eigenvalue weighted by atomic mass is 19.1. The Labute approximate surface area is 162 Å². The fourth-order valence-electron chi connectivity index (χ4n) is 3.27. The van der Waals surface area contributed by atoms with Crippen molar-refractivity contribution in [1.82, 2.24) is 9.97 Å². The normalized spacial score (nSPS) is 20.8. The Morgan fingerprint density at radius 1 is 1.36 bits per heavy atom. The molecule has 1 fully saturated rings. The molecule has 2 aromatic rings. The van der Waals surface area contributed by atoms with Crippen molar-refractivity contribution in [3.63, 3.8) is 0 Å². The van der Waals surface area contributed by atoms with E-state index >= 15 is 0 Å². The average molecular weight is 383 g/mol. The van der Waals surface area contributed by atoms with E-state index in [0.717, 1.165) is 5.69 Å². The summed E-state index contributed by atoms with van der Waals surface area (Å²) in [7, 11) is 1.53. The number of hydrogen-bond acceptors (Lipinski definition) is 5. The van der Waals surface area contributed by atoms with E-state index in [9.17, 15) is 9.18 Å². The van der Waals surface area contributed by atoms with Crippen molar-refractivity contribution in [1.29, 1.82) is 0 Å². The van der Waals surface area contributed by atoms with E-state index in [2.05, 4.69) is 20.3 Å². The summed E-state index contributed by atoms with van der Waals surface area (Å²) in [6.45, 7) is 3.78. The lowest BCUT2D eigenvalue weighted by Crippen LogP contribution is -2.29. The second-order valence-corrected chi connectivity index (χ2v) is 7.21. The number of aliphatic imine (C=N–C) groups is 1. The lowest BCUT2D eigenvalue weighted by molar-refractivity contribution is -0.121. The molecule has 1 unspecified atom stereocenters. The molecule has 2 aromatic heterocycles. The summed E-state index contributed by atoms with van der Waals surface area (Å²) >= 11 is 0. The molecule has 0 aliphatic heterocycles. The molecule has 3 rings (SSSR count). The van der Waals surface area contributed by atoms with Gasteiger partial charge in [-0.3, -0.25) is 9.78 Å². The molecule has 3 N–H and O–H groups in total. The number of nitrogens with zero attached hydrogens (tertiary/aromatic N) is 3. The summed E-state index contributed by atoms with van der Waals surface area (Å²) in [6, 6.07) is 6.24. The molecule has 8 heteroatoms. The molecular weight excluding hydrogens is 361 g/mol. The van der Waals surface area contributed by atoms with Crippen LogP contribution in [0.15, 0.2) is 53.9 Å². The minimum atomic E-state index is -1.09. The monoisotopic (exact) mass is 383 g/mol. The van der Waals surface area contributed by atoms with Gasteiger partial charge in [0.15, 0.2) is 0 Å². The van der Waals surface area contributed by atoms with Crippen molar-refractivity contribution in [3.05, 3.63) is 60.4 Å². The highest BCUT2D eigenvalue weighted by Crippen LogP contribution is 2.64. The number of pyridine rings is 2. The molecular formula is C20H22FN5O2. The van der Waals surface area contributed by atoms with Gasteiger partial charge in [-0.2, -0.15) is 4.99 Å². The van der Waals surface area contributed by atoms with Crippen molar-refractivity contribution >= 4 is 17.4 Å². The van der Waals surface area contributed by atoms with E-state index in [-0.39, 0.29) is 11.5 Å². The van der Waals surface area contributed by atoms with E-state index in [0.29, 0.717) is 12.3 Å². The Morgan fingerprint density at radius 3 is 2.75 bits per heavy atom. The van der Waals surface area contributed by atoms with Crippen LogP contribution >= 0.6 is 0 Å². The lowest BCUT2D eigenvalue weighted by Gasteiger charge is -2.17. The number of amidine groups is 1. The first-order chi connectivity index (χ1) is 13.3. The van der Waals surface area contributed by atoms with Gasteiger partial charge in [-0.25, -0.2) is 9.37 Å². The lowest BCUT2D eigenvalue weighted by atomic mass is 9.90. The first kappa shape index (κ1) is 19.5. The van der Waals surface area contributed by atoms with Gasteiger partial charge in [-0.1, -0.05) is 13.8 Å². The van der Waals surface area contributed by atoms with E-state index < -0.39 is 22.6 Å². The molecule has 28 heavy (non-hydrogen) atoms. The maximum Gasteiger partial charge on any atom is 0.260 e. The number of nitrogens with two attached hydrogens (primary N) is 1. The highest BCUT2D eigenvalue weighted by Gasteiger charge is 2.69. The Kier molecular flexibility index (Phi) is 5.13. The zero-order chi connectivity index (χ0) is 20.4. The van der Waals surface area contributed by atoms with Crippen LogP contribution in [-0.4, -0.2) is 28.8 Å². The number of anilines is 1. The van der Waals surface area contributed by atoms with Crippen molar-refractivity contribution in [3.8, 4) is 5.88 Å². The minimum absolute atomic E-state index is 0.0111. The van der Waals surface area contributed by atoms with Gasteiger partial charge in [0.25, 0.3) is 5.91 Å². The fraction of sp³-hybridized carbons (Fsp3) is 0.300. The smallest absolute Gasteiger partial charge is 0.260 e. The van der Waals surface area contributed by atoms with E-state index in [1.165, 1.54) is 31.5 Å². The molecule has 1 atom stereocenters. The third-order valence-corrected chi connectivity index (χ3v) is 4.94. The molecule has 0 radical (unpaired) electrons. The summed E-state index contributed by atoms with van der Waals surface area (Å²) in [6.07, 6.45) is 6.54. The largest absolute Gasteiger partial charge is 0.481 e. The number of methoxy groups -OCH3 is 1. The van der Waals surface area contributed by atoms with Crippen molar-refractivity contribution in [2.45, 2.75) is 25.7 Å². The van der Waals surface area contributed by atoms with Crippen LogP contribution in [0.3, 0.4) is 0 Å². The molecule has 1 aliphatic rings. The van der Waals surface area contributed by atoms with Gasteiger partial charge < -0.3 is 15.8 Å². The number of rotatable bonds is 6. The molecule has 2 heterocycles. The molecule has 0 spiro atoms. The Bertz CT molecular complexity index is 957. The second kappa shape index (κ2) is 7.38. The van der Waals surface area contributed by atoms with Crippen LogP contribution in [0.5, 0.6) is 5.88 Å². The van der Waals surface area contributed by atoms with Gasteiger partial charge >= 0.3 is 0 Å². The van der Waals surface area contributed by atoms with Gasteiger partial charge in [0.1, 0.15) is 17.1 Å². The molecule has 0 bridgehead atoms. The van der Waals surface area contributed by atoms with Crippen LogP contribution in [0.25, 0.3) is 0 Å². The van der Waals surface area contributed by atoms with Crippen LogP contribution < -0.4 is 15.8 Å². The Balaban J connectivity index is 1.76. The number of carbonyl (C=O) groups is 1. The second-order valence-electron chi connectivity index (χ2n) is 7.21. The van der Waals surface area contributed by atoms with Crippen molar-refractivity contribution < 1.29 is 13.9 Å². The minimum Gasteiger partial charge on any atom is -0.481 e. The number of aromatic nitrogens is 2. The van der Waals surface area contributed by atoms with Crippen molar-refractivity contribution in [2.24, 2.45) is 16.1 Å². The maximum atomic E-state index is 14.3. The SMILES string of the molecule is COc1cc(N/C=C\C(N)=NC(=O)C2(c3ncccc3F)CC2(C)C)ccn1. The first-order valence-corrected chi connectivity index (χ1v) is 8.73. The van der Waals surface area contributed by atoms with Gasteiger partial charge in [0.05, 0.1) is 12.8 Å². The highest BCUT2D eigenvalue weighted by molar-refractivity contribution is 6.05. The molecule has 7 nitrogen and oxygen atoms in total. The molecule has 1 saturated carbocycles. The van der Waals surface area contributed by atoms with Gasteiger partial charge in [0, 0.05) is 30.3 Å².